The van der Waals surface area contributed by atoms with Crippen molar-refractivity contribution in [3.63, 3.8) is 0 Å². The van der Waals surface area contributed by atoms with Crippen LogP contribution in [0.2, 0.25) is 0 Å². The molecule has 142 valence electrons. The molecule has 1 aliphatic heterocycles. The number of aryl methyl sites for hydroxylation is 1. The van der Waals surface area contributed by atoms with Gasteiger partial charge in [-0.25, -0.2) is 4.79 Å². The van der Waals surface area contributed by atoms with Crippen LogP contribution in [0.5, 0.6) is 5.75 Å². The third-order valence-electron chi connectivity index (χ3n) is 4.18. The van der Waals surface area contributed by atoms with E-state index in [9.17, 15) is 14.4 Å². The van der Waals surface area contributed by atoms with Crippen molar-refractivity contribution >= 4 is 46.9 Å². The first-order chi connectivity index (χ1) is 13.3. The van der Waals surface area contributed by atoms with Crippen LogP contribution in [0.15, 0.2) is 48.0 Å². The Morgan fingerprint density at radius 1 is 1.21 bits per heavy atom. The Morgan fingerprint density at radius 2 is 1.96 bits per heavy atom. The molecule has 28 heavy (non-hydrogen) atoms. The average Bonchev–Trinajstić information content (AvgIpc) is 2.65. The highest BCUT2D eigenvalue weighted by atomic mass is 32.1. The van der Waals surface area contributed by atoms with Gasteiger partial charge in [-0.05, 0) is 66.7 Å². The number of ether oxygens (including phenoxy) is 1. The minimum Gasteiger partial charge on any atom is -0.496 e. The molecule has 2 aromatic carbocycles. The Balaban J connectivity index is 2.02. The molecule has 0 atom stereocenters. The maximum Gasteiger partial charge on any atom is 0.335 e. The molecule has 0 saturated carbocycles. The molecule has 0 bridgehead atoms. The Kier molecular flexibility index (Phi) is 5.23. The number of amides is 2. The summed E-state index contributed by atoms with van der Waals surface area (Å²) in [5.74, 6) is -1.69. The highest BCUT2D eigenvalue weighted by Gasteiger charge is 2.34. The average molecular weight is 396 g/mol. The van der Waals surface area contributed by atoms with E-state index in [1.807, 2.05) is 6.92 Å². The summed E-state index contributed by atoms with van der Waals surface area (Å²) in [6.07, 6.45) is 1.46. The standard InChI is InChI=1S/C20H16N2O5S/c1-11-8-12(6-7-16(11)27-2)9-15-17(23)21-20(28)22(18(15)24)14-5-3-4-13(10-14)19(25)26/h3-10H,1-2H3,(H,25,26)(H,21,23,28). The minimum atomic E-state index is -1.13. The van der Waals surface area contributed by atoms with E-state index in [1.165, 1.54) is 24.3 Å². The number of carbonyl (C=O) groups excluding carboxylic acids is 2. The Morgan fingerprint density at radius 3 is 2.61 bits per heavy atom. The zero-order valence-corrected chi connectivity index (χ0v) is 15.9. The summed E-state index contributed by atoms with van der Waals surface area (Å²) >= 11 is 5.13. The maximum atomic E-state index is 13.0. The van der Waals surface area contributed by atoms with Gasteiger partial charge in [0.05, 0.1) is 18.4 Å². The zero-order valence-electron chi connectivity index (χ0n) is 15.1. The molecule has 1 aliphatic rings. The molecule has 1 saturated heterocycles. The van der Waals surface area contributed by atoms with Gasteiger partial charge in [-0.3, -0.25) is 19.8 Å². The van der Waals surface area contributed by atoms with E-state index >= 15 is 0 Å². The molecule has 0 spiro atoms. The number of nitrogens with one attached hydrogen (secondary N) is 1. The van der Waals surface area contributed by atoms with E-state index in [1.54, 1.807) is 31.4 Å². The third kappa shape index (κ3) is 3.63. The van der Waals surface area contributed by atoms with Crippen LogP contribution in [0.1, 0.15) is 21.5 Å². The fraction of sp³-hybridized carbons (Fsp3) is 0.100. The zero-order chi connectivity index (χ0) is 20.4. The molecule has 1 fully saturated rings. The lowest BCUT2D eigenvalue weighted by molar-refractivity contribution is -0.122. The molecule has 0 aliphatic carbocycles. The largest absolute Gasteiger partial charge is 0.496 e. The van der Waals surface area contributed by atoms with Crippen LogP contribution in [-0.4, -0.2) is 35.1 Å². The number of thiocarbonyl (C=S) groups is 1. The van der Waals surface area contributed by atoms with Gasteiger partial charge < -0.3 is 9.84 Å². The fourth-order valence-electron chi connectivity index (χ4n) is 2.83. The SMILES string of the molecule is COc1ccc(C=C2C(=O)NC(=S)N(c3cccc(C(=O)O)c3)C2=O)cc1C. The summed E-state index contributed by atoms with van der Waals surface area (Å²) in [7, 11) is 1.56. The first kappa shape index (κ1) is 19.2. The van der Waals surface area contributed by atoms with Crippen LogP contribution < -0.4 is 15.0 Å². The number of aromatic carboxylic acids is 1. The van der Waals surface area contributed by atoms with Gasteiger partial charge in [-0.2, -0.15) is 0 Å². The number of rotatable bonds is 4. The van der Waals surface area contributed by atoms with Crippen molar-refractivity contribution in [1.29, 1.82) is 0 Å². The van der Waals surface area contributed by atoms with Gasteiger partial charge >= 0.3 is 5.97 Å². The number of methoxy groups -OCH3 is 1. The molecule has 2 N–H and O–H groups in total. The van der Waals surface area contributed by atoms with E-state index in [0.717, 1.165) is 10.5 Å². The van der Waals surface area contributed by atoms with Crippen LogP contribution in [0.3, 0.4) is 0 Å². The van der Waals surface area contributed by atoms with Gasteiger partial charge in [0.2, 0.25) is 0 Å². The summed E-state index contributed by atoms with van der Waals surface area (Å²) in [5.41, 5.74) is 1.64. The lowest BCUT2D eigenvalue weighted by Crippen LogP contribution is -2.54. The highest BCUT2D eigenvalue weighted by Crippen LogP contribution is 2.25. The molecular formula is C20H16N2O5S. The van der Waals surface area contributed by atoms with Crippen LogP contribution in [-0.2, 0) is 9.59 Å². The molecule has 0 aromatic heterocycles. The van der Waals surface area contributed by atoms with Gasteiger partial charge in [-0.1, -0.05) is 12.1 Å². The molecular weight excluding hydrogens is 380 g/mol. The molecule has 1 heterocycles. The van der Waals surface area contributed by atoms with Gasteiger partial charge in [-0.15, -0.1) is 0 Å². The second-order valence-corrected chi connectivity index (χ2v) is 6.43. The van der Waals surface area contributed by atoms with Crippen molar-refractivity contribution in [2.45, 2.75) is 6.92 Å². The second-order valence-electron chi connectivity index (χ2n) is 6.04. The third-order valence-corrected chi connectivity index (χ3v) is 4.47. The smallest absolute Gasteiger partial charge is 0.335 e. The fourth-order valence-corrected chi connectivity index (χ4v) is 3.11. The molecule has 8 heteroatoms. The topological polar surface area (TPSA) is 95.9 Å². The molecule has 7 nitrogen and oxygen atoms in total. The van der Waals surface area contributed by atoms with Gasteiger partial charge in [0.15, 0.2) is 5.11 Å². The van der Waals surface area contributed by atoms with Crippen molar-refractivity contribution in [2.75, 3.05) is 12.0 Å². The number of carboxylic acids is 1. The van der Waals surface area contributed by atoms with Crippen molar-refractivity contribution in [3.05, 3.63) is 64.7 Å². The molecule has 0 radical (unpaired) electrons. The Hall–Kier alpha value is -3.52. The lowest BCUT2D eigenvalue weighted by Gasteiger charge is -2.29. The first-order valence-corrected chi connectivity index (χ1v) is 8.62. The number of hydrogen-bond donors (Lipinski definition) is 2. The normalized spacial score (nSPS) is 15.6. The van der Waals surface area contributed by atoms with Crippen LogP contribution in [0, 0.1) is 6.92 Å². The monoisotopic (exact) mass is 396 g/mol. The van der Waals surface area contributed by atoms with Crippen molar-refractivity contribution < 1.29 is 24.2 Å². The maximum absolute atomic E-state index is 13.0. The summed E-state index contributed by atoms with van der Waals surface area (Å²) in [4.78, 5) is 37.6. The Labute approximate surface area is 166 Å². The quantitative estimate of drug-likeness (QED) is 0.468. The molecule has 2 aromatic rings. The summed E-state index contributed by atoms with van der Waals surface area (Å²) in [5, 5.41) is 11.5. The van der Waals surface area contributed by atoms with Gasteiger partial charge in [0.1, 0.15) is 11.3 Å². The lowest BCUT2D eigenvalue weighted by atomic mass is 10.0. The van der Waals surface area contributed by atoms with Gasteiger partial charge in [0, 0.05) is 0 Å². The number of nitrogens with zero attached hydrogens (tertiary/aromatic N) is 1. The summed E-state index contributed by atoms with van der Waals surface area (Å²) in [6.45, 7) is 1.85. The van der Waals surface area contributed by atoms with E-state index in [2.05, 4.69) is 5.32 Å². The minimum absolute atomic E-state index is 0.00121. The second kappa shape index (κ2) is 7.61. The van der Waals surface area contributed by atoms with Crippen LogP contribution in [0.25, 0.3) is 6.08 Å². The van der Waals surface area contributed by atoms with Gasteiger partial charge in [0.25, 0.3) is 11.8 Å². The van der Waals surface area contributed by atoms with E-state index in [4.69, 9.17) is 22.1 Å². The summed E-state index contributed by atoms with van der Waals surface area (Å²) < 4.78 is 5.21. The molecule has 2 amide bonds. The van der Waals surface area contributed by atoms with Crippen LogP contribution in [0.4, 0.5) is 5.69 Å². The first-order valence-electron chi connectivity index (χ1n) is 8.21. The van der Waals surface area contributed by atoms with Crippen molar-refractivity contribution in [2.24, 2.45) is 0 Å². The molecule has 0 unspecified atom stereocenters. The predicted molar refractivity (Wildman–Crippen MR) is 107 cm³/mol. The number of benzene rings is 2. The predicted octanol–water partition coefficient (Wildman–Crippen LogP) is 2.53. The van der Waals surface area contributed by atoms with Crippen LogP contribution >= 0.6 is 12.2 Å². The number of carboxylic acid groups (broad SMARTS) is 1. The van der Waals surface area contributed by atoms with Crippen molar-refractivity contribution in [1.82, 2.24) is 5.32 Å². The number of hydrogen-bond acceptors (Lipinski definition) is 5. The molecule has 3 rings (SSSR count). The van der Waals surface area contributed by atoms with Crippen molar-refractivity contribution in [3.8, 4) is 5.75 Å². The van der Waals surface area contributed by atoms with E-state index < -0.39 is 17.8 Å². The van der Waals surface area contributed by atoms with E-state index in [0.29, 0.717) is 11.3 Å². The number of carbonyl (C=O) groups is 3. The summed E-state index contributed by atoms with van der Waals surface area (Å²) in [6, 6.07) is 11.0. The Bertz CT molecular complexity index is 1040. The van der Waals surface area contributed by atoms with E-state index in [-0.39, 0.29) is 21.9 Å². The highest BCUT2D eigenvalue weighted by molar-refractivity contribution is 7.80. The number of anilines is 1.